The Kier molecular flexibility index (Phi) is 9.98. The SMILES string of the molecule is CC.CCN1CCN(CC2(NC(=O)CC(C)C)CCN(C)CC2)CC1. The zero-order chi connectivity index (χ0) is 18.9. The first-order valence-electron chi connectivity index (χ1n) is 10.4. The summed E-state index contributed by atoms with van der Waals surface area (Å²) in [5.74, 6) is 0.656. The summed E-state index contributed by atoms with van der Waals surface area (Å²) in [4.78, 5) is 19.8. The van der Waals surface area contributed by atoms with Crippen LogP contribution in [0, 0.1) is 5.92 Å². The van der Waals surface area contributed by atoms with Gasteiger partial charge in [-0.05, 0) is 32.4 Å². The lowest BCUT2D eigenvalue weighted by Crippen LogP contribution is -2.62. The Balaban J connectivity index is 0.00000151. The van der Waals surface area contributed by atoms with Gasteiger partial charge in [-0.15, -0.1) is 0 Å². The highest BCUT2D eigenvalue weighted by molar-refractivity contribution is 5.77. The third-order valence-electron chi connectivity index (χ3n) is 5.38. The number of likely N-dealkylation sites (N-methyl/N-ethyl adjacent to an activating group) is 1. The second-order valence-electron chi connectivity index (χ2n) is 7.94. The number of rotatable bonds is 6. The molecular weight excluding hydrogens is 312 g/mol. The standard InChI is InChI=1S/C18H36N4O.C2H6/c1-5-21-10-12-22(13-11-21)15-18(6-8-20(4)9-7-18)19-17(23)14-16(2)3;1-2/h16H,5-15H2,1-4H3,(H,19,23);1-2H3. The number of carbonyl (C=O) groups excluding carboxylic acids is 1. The minimum absolute atomic E-state index is 0.0210. The normalized spacial score (nSPS) is 22.4. The fraction of sp³-hybridized carbons (Fsp3) is 0.950. The number of likely N-dealkylation sites (tertiary alicyclic amines) is 1. The Bertz CT molecular complexity index is 370. The summed E-state index contributed by atoms with van der Waals surface area (Å²) < 4.78 is 0. The minimum Gasteiger partial charge on any atom is -0.349 e. The molecule has 5 nitrogen and oxygen atoms in total. The first-order valence-corrected chi connectivity index (χ1v) is 10.4. The number of nitrogens with zero attached hydrogens (tertiary/aromatic N) is 3. The molecule has 148 valence electrons. The van der Waals surface area contributed by atoms with Gasteiger partial charge in [0.05, 0.1) is 5.54 Å². The van der Waals surface area contributed by atoms with Crippen molar-refractivity contribution in [2.45, 2.75) is 59.4 Å². The fourth-order valence-corrected chi connectivity index (χ4v) is 3.78. The first kappa shape index (κ1) is 22.4. The van der Waals surface area contributed by atoms with Crippen molar-refractivity contribution < 1.29 is 4.79 Å². The van der Waals surface area contributed by atoms with Crippen molar-refractivity contribution in [2.75, 3.05) is 59.4 Å². The third kappa shape index (κ3) is 7.63. The smallest absolute Gasteiger partial charge is 0.220 e. The third-order valence-corrected chi connectivity index (χ3v) is 5.38. The molecule has 2 fully saturated rings. The predicted octanol–water partition coefficient (Wildman–Crippen LogP) is 2.28. The molecule has 2 saturated heterocycles. The van der Waals surface area contributed by atoms with E-state index < -0.39 is 0 Å². The van der Waals surface area contributed by atoms with Crippen molar-refractivity contribution in [3.05, 3.63) is 0 Å². The molecule has 0 aromatic rings. The average molecular weight is 355 g/mol. The van der Waals surface area contributed by atoms with Gasteiger partial charge < -0.3 is 15.1 Å². The lowest BCUT2D eigenvalue weighted by molar-refractivity contribution is -0.124. The molecule has 0 aromatic carbocycles. The summed E-state index contributed by atoms with van der Waals surface area (Å²) in [6, 6.07) is 0. The van der Waals surface area contributed by atoms with Crippen LogP contribution in [0.15, 0.2) is 0 Å². The van der Waals surface area contributed by atoms with Crippen LogP contribution >= 0.6 is 0 Å². The first-order chi connectivity index (χ1) is 11.9. The minimum atomic E-state index is -0.0210. The van der Waals surface area contributed by atoms with Gasteiger partial charge in [0.15, 0.2) is 0 Å². The second-order valence-corrected chi connectivity index (χ2v) is 7.94. The molecule has 25 heavy (non-hydrogen) atoms. The number of nitrogens with one attached hydrogen (secondary N) is 1. The number of piperazine rings is 1. The highest BCUT2D eigenvalue weighted by Crippen LogP contribution is 2.24. The molecule has 1 N–H and O–H groups in total. The molecule has 0 radical (unpaired) electrons. The van der Waals surface area contributed by atoms with Crippen molar-refractivity contribution in [1.29, 1.82) is 0 Å². The molecule has 0 aromatic heterocycles. The number of carbonyl (C=O) groups is 1. The van der Waals surface area contributed by atoms with Gasteiger partial charge in [0.2, 0.25) is 5.91 Å². The quantitative estimate of drug-likeness (QED) is 0.794. The predicted molar refractivity (Wildman–Crippen MR) is 107 cm³/mol. The maximum Gasteiger partial charge on any atom is 0.220 e. The maximum absolute atomic E-state index is 12.4. The van der Waals surface area contributed by atoms with E-state index in [2.05, 4.69) is 47.8 Å². The van der Waals surface area contributed by atoms with Crippen LogP contribution in [0.3, 0.4) is 0 Å². The van der Waals surface area contributed by atoms with Crippen LogP contribution in [0.4, 0.5) is 0 Å². The molecule has 2 heterocycles. The topological polar surface area (TPSA) is 38.8 Å². The van der Waals surface area contributed by atoms with E-state index in [4.69, 9.17) is 0 Å². The van der Waals surface area contributed by atoms with E-state index in [9.17, 15) is 4.79 Å². The summed E-state index contributed by atoms with van der Waals surface area (Å²) in [7, 11) is 2.18. The molecule has 0 unspecified atom stereocenters. The number of hydrogen-bond acceptors (Lipinski definition) is 4. The van der Waals surface area contributed by atoms with Crippen LogP contribution in [0.25, 0.3) is 0 Å². The van der Waals surface area contributed by atoms with E-state index in [0.717, 1.165) is 65.2 Å². The van der Waals surface area contributed by atoms with E-state index >= 15 is 0 Å². The zero-order valence-corrected chi connectivity index (χ0v) is 17.6. The highest BCUT2D eigenvalue weighted by atomic mass is 16.1. The molecule has 2 aliphatic rings. The lowest BCUT2D eigenvalue weighted by Gasteiger charge is -2.46. The van der Waals surface area contributed by atoms with Gasteiger partial charge in [-0.3, -0.25) is 9.69 Å². The van der Waals surface area contributed by atoms with E-state index in [-0.39, 0.29) is 11.4 Å². The molecular formula is C20H42N4O. The molecule has 2 aliphatic heterocycles. The number of amides is 1. The summed E-state index contributed by atoms with van der Waals surface area (Å²) >= 11 is 0. The second kappa shape index (κ2) is 11.1. The van der Waals surface area contributed by atoms with Crippen LogP contribution < -0.4 is 5.32 Å². The molecule has 0 saturated carbocycles. The Hall–Kier alpha value is -0.650. The molecule has 0 spiro atoms. The van der Waals surface area contributed by atoms with Crippen LogP contribution in [0.2, 0.25) is 0 Å². The molecule has 0 bridgehead atoms. The summed E-state index contributed by atoms with van der Waals surface area (Å²) in [5.41, 5.74) is -0.0210. The van der Waals surface area contributed by atoms with Crippen molar-refractivity contribution in [2.24, 2.45) is 5.92 Å². The zero-order valence-electron chi connectivity index (χ0n) is 17.6. The van der Waals surface area contributed by atoms with Gasteiger partial charge in [-0.25, -0.2) is 0 Å². The van der Waals surface area contributed by atoms with E-state index in [1.165, 1.54) is 0 Å². The van der Waals surface area contributed by atoms with Crippen molar-refractivity contribution >= 4 is 5.91 Å². The van der Waals surface area contributed by atoms with Crippen molar-refractivity contribution in [3.63, 3.8) is 0 Å². The van der Waals surface area contributed by atoms with E-state index in [1.54, 1.807) is 0 Å². The highest BCUT2D eigenvalue weighted by Gasteiger charge is 2.37. The van der Waals surface area contributed by atoms with Crippen LogP contribution in [0.1, 0.15) is 53.9 Å². The summed E-state index contributed by atoms with van der Waals surface area (Å²) in [6.07, 6.45) is 2.78. The molecule has 2 rings (SSSR count). The van der Waals surface area contributed by atoms with Crippen LogP contribution in [-0.4, -0.2) is 85.6 Å². The Morgan fingerprint density at radius 3 is 2.00 bits per heavy atom. The molecule has 1 amide bonds. The monoisotopic (exact) mass is 354 g/mol. The number of piperidine rings is 1. The molecule has 0 aliphatic carbocycles. The van der Waals surface area contributed by atoms with Gasteiger partial charge in [0.1, 0.15) is 0 Å². The Morgan fingerprint density at radius 2 is 1.52 bits per heavy atom. The average Bonchev–Trinajstić information content (AvgIpc) is 2.59. The van der Waals surface area contributed by atoms with Crippen LogP contribution in [0.5, 0.6) is 0 Å². The summed E-state index contributed by atoms with van der Waals surface area (Å²) in [6.45, 7) is 19.4. The van der Waals surface area contributed by atoms with E-state index in [1.807, 2.05) is 13.8 Å². The Labute approximate surface area is 156 Å². The van der Waals surface area contributed by atoms with Crippen molar-refractivity contribution in [1.82, 2.24) is 20.0 Å². The maximum atomic E-state index is 12.4. The van der Waals surface area contributed by atoms with Crippen LogP contribution in [-0.2, 0) is 4.79 Å². The lowest BCUT2D eigenvalue weighted by atomic mass is 9.86. The largest absolute Gasteiger partial charge is 0.349 e. The van der Waals surface area contributed by atoms with Crippen molar-refractivity contribution in [3.8, 4) is 0 Å². The number of hydrogen-bond donors (Lipinski definition) is 1. The van der Waals surface area contributed by atoms with Gasteiger partial charge in [-0.2, -0.15) is 0 Å². The Morgan fingerprint density at radius 1 is 1.00 bits per heavy atom. The van der Waals surface area contributed by atoms with Gasteiger partial charge in [0, 0.05) is 52.2 Å². The van der Waals surface area contributed by atoms with Gasteiger partial charge in [-0.1, -0.05) is 34.6 Å². The molecule has 0 atom stereocenters. The molecule has 5 heteroatoms. The summed E-state index contributed by atoms with van der Waals surface area (Å²) in [5, 5.41) is 3.44. The van der Waals surface area contributed by atoms with E-state index in [0.29, 0.717) is 12.3 Å². The fourth-order valence-electron chi connectivity index (χ4n) is 3.78. The van der Waals surface area contributed by atoms with Gasteiger partial charge in [0.25, 0.3) is 0 Å². The van der Waals surface area contributed by atoms with Gasteiger partial charge >= 0.3 is 0 Å².